The summed E-state index contributed by atoms with van der Waals surface area (Å²) in [6.07, 6.45) is 6.74. The molecule has 0 saturated carbocycles. The number of carbonyl (C=O) groups excluding carboxylic acids is 2. The second-order valence-electron chi connectivity index (χ2n) is 6.81. The largest absolute Gasteiger partial charge is 0.462 e. The van der Waals surface area contributed by atoms with Crippen LogP contribution < -0.4 is 9.47 Å². The highest BCUT2D eigenvalue weighted by Gasteiger charge is 2.08. The lowest BCUT2D eigenvalue weighted by Gasteiger charge is -2.09. The van der Waals surface area contributed by atoms with Gasteiger partial charge in [0.1, 0.15) is 42.4 Å². The number of rotatable bonds is 10. The molecule has 3 rings (SSSR count). The average molecular weight is 472 g/mol. The average Bonchev–Trinajstić information content (AvgIpc) is 2.89. The van der Waals surface area contributed by atoms with E-state index in [1.165, 1.54) is 18.6 Å². The van der Waals surface area contributed by atoms with E-state index in [4.69, 9.17) is 9.47 Å². The molecule has 176 valence electrons. The molecular weight excluding hydrogens is 451 g/mol. The normalized spacial score (nSPS) is 10.7. The van der Waals surface area contributed by atoms with Crippen molar-refractivity contribution in [1.82, 2.24) is 0 Å². The Kier molecular flexibility index (Phi) is 8.73. The van der Waals surface area contributed by atoms with Crippen molar-refractivity contribution < 1.29 is 32.9 Å². The van der Waals surface area contributed by atoms with Gasteiger partial charge in [0.2, 0.25) is 0 Å². The highest BCUT2D eigenvalue weighted by Crippen LogP contribution is 2.30. The van der Waals surface area contributed by atoms with Crippen LogP contribution in [-0.4, -0.2) is 11.9 Å². The van der Waals surface area contributed by atoms with Crippen LogP contribution in [0.1, 0.15) is 0 Å². The number of hydrogen-bond acceptors (Lipinski definition) is 6. The van der Waals surface area contributed by atoms with Gasteiger partial charge in [-0.15, -0.1) is 0 Å². The van der Waals surface area contributed by atoms with Crippen LogP contribution in [0.2, 0.25) is 0 Å². The molecule has 0 aliphatic heterocycles. The Hall–Kier alpha value is -4.91. The number of hydrogen-bond donors (Lipinski definition) is 0. The molecule has 0 aliphatic rings. The number of carbonyl (C=O) groups is 2. The Morgan fingerprint density at radius 2 is 1.09 bits per heavy atom. The molecule has 0 bridgehead atoms. The zero-order chi connectivity index (χ0) is 25.0. The van der Waals surface area contributed by atoms with Gasteiger partial charge in [0.05, 0.1) is 0 Å². The zero-order valence-electron chi connectivity index (χ0n) is 18.6. The molecular formula is C28H21FO6. The number of esters is 2. The van der Waals surface area contributed by atoms with E-state index < -0.39 is 11.9 Å². The highest BCUT2D eigenvalue weighted by atomic mass is 19.1. The van der Waals surface area contributed by atoms with Gasteiger partial charge >= 0.3 is 11.9 Å². The van der Waals surface area contributed by atoms with Crippen molar-refractivity contribution in [3.8, 4) is 33.8 Å². The Bertz CT molecular complexity index is 1260. The second kappa shape index (κ2) is 12.4. The molecule has 35 heavy (non-hydrogen) atoms. The van der Waals surface area contributed by atoms with Crippen molar-refractivity contribution in [3.63, 3.8) is 0 Å². The predicted octanol–water partition coefficient (Wildman–Crippen LogP) is 6.32. The Morgan fingerprint density at radius 3 is 1.54 bits per heavy atom. The Labute approximate surface area is 201 Å². The maximum atomic E-state index is 14.9. The van der Waals surface area contributed by atoms with Crippen LogP contribution in [0.3, 0.4) is 0 Å². The first-order valence-electron chi connectivity index (χ1n) is 10.3. The van der Waals surface area contributed by atoms with Gasteiger partial charge in [0, 0.05) is 17.7 Å². The van der Waals surface area contributed by atoms with Gasteiger partial charge in [-0.1, -0.05) is 49.6 Å². The van der Waals surface area contributed by atoms with Crippen molar-refractivity contribution in [3.05, 3.63) is 123 Å². The van der Waals surface area contributed by atoms with Crippen molar-refractivity contribution in [2.24, 2.45) is 0 Å². The summed E-state index contributed by atoms with van der Waals surface area (Å²) >= 11 is 0. The van der Waals surface area contributed by atoms with Gasteiger partial charge in [-0.3, -0.25) is 0 Å². The van der Waals surface area contributed by atoms with Crippen molar-refractivity contribution in [2.45, 2.75) is 0 Å². The Balaban J connectivity index is 1.63. The second-order valence-corrected chi connectivity index (χ2v) is 6.81. The molecule has 0 amide bonds. The van der Waals surface area contributed by atoms with E-state index in [-0.39, 0.29) is 5.82 Å². The minimum Gasteiger partial charge on any atom is -0.462 e. The van der Waals surface area contributed by atoms with E-state index in [2.05, 4.69) is 22.6 Å². The summed E-state index contributed by atoms with van der Waals surface area (Å²) in [5.74, 6) is -0.541. The lowest BCUT2D eigenvalue weighted by molar-refractivity contribution is -0.133. The third-order valence-corrected chi connectivity index (χ3v) is 4.54. The minimum absolute atomic E-state index is 0.375. The highest BCUT2D eigenvalue weighted by molar-refractivity contribution is 5.82. The first-order chi connectivity index (χ1) is 17.0. The number of ether oxygens (including phenoxy) is 4. The van der Waals surface area contributed by atoms with Gasteiger partial charge in [-0.05, 0) is 47.0 Å². The quantitative estimate of drug-likeness (QED) is 0.195. The fourth-order valence-corrected chi connectivity index (χ4v) is 2.87. The van der Waals surface area contributed by atoms with Crippen molar-refractivity contribution >= 4 is 11.9 Å². The summed E-state index contributed by atoms with van der Waals surface area (Å²) in [7, 11) is 0. The third kappa shape index (κ3) is 7.30. The molecule has 3 aromatic carbocycles. The number of benzene rings is 3. The molecule has 0 N–H and O–H groups in total. The molecule has 0 aliphatic carbocycles. The van der Waals surface area contributed by atoms with Crippen LogP contribution in [0.5, 0.6) is 11.5 Å². The summed E-state index contributed by atoms with van der Waals surface area (Å²) in [5.41, 5.74) is 2.62. The SMILES string of the molecule is C=CC(=O)O/C=C\Oc1ccc(-c2ccc(-c3ccc(O/C=C\OC(=O)C=C)cc3)c(F)c2)cc1. The smallest absolute Gasteiger partial charge is 0.335 e. The van der Waals surface area contributed by atoms with E-state index in [1.807, 2.05) is 6.07 Å². The summed E-state index contributed by atoms with van der Waals surface area (Å²) in [6.45, 7) is 6.58. The molecule has 6 nitrogen and oxygen atoms in total. The van der Waals surface area contributed by atoms with Crippen LogP contribution >= 0.6 is 0 Å². The van der Waals surface area contributed by atoms with E-state index in [0.29, 0.717) is 28.2 Å². The van der Waals surface area contributed by atoms with E-state index >= 15 is 0 Å². The molecule has 0 atom stereocenters. The van der Waals surface area contributed by atoms with Gasteiger partial charge in [-0.2, -0.15) is 0 Å². The monoisotopic (exact) mass is 472 g/mol. The Morgan fingerprint density at radius 1 is 0.629 bits per heavy atom. The summed E-state index contributed by atoms with van der Waals surface area (Å²) in [5, 5.41) is 0. The van der Waals surface area contributed by atoms with E-state index in [1.54, 1.807) is 54.6 Å². The molecule has 7 heteroatoms. The van der Waals surface area contributed by atoms with Crippen LogP contribution in [-0.2, 0) is 19.1 Å². The predicted molar refractivity (Wildman–Crippen MR) is 129 cm³/mol. The topological polar surface area (TPSA) is 71.1 Å². The molecule has 3 aromatic rings. The first-order valence-corrected chi connectivity index (χ1v) is 10.3. The van der Waals surface area contributed by atoms with Gasteiger partial charge in [0.25, 0.3) is 0 Å². The molecule has 0 unspecified atom stereocenters. The summed E-state index contributed by atoms with van der Waals surface area (Å²) in [6, 6.07) is 18.8. The van der Waals surface area contributed by atoms with E-state index in [0.717, 1.165) is 30.2 Å². The minimum atomic E-state index is -0.593. The standard InChI is InChI=1S/C28H21FO6/c1-3-27(30)34-17-15-32-23-10-5-20(6-11-23)22-9-14-25(26(29)19-22)21-7-12-24(13-8-21)33-16-18-35-28(31)4-2/h3-19H,1-2H2/b17-15-,18-16-. The number of halogens is 1. The van der Waals surface area contributed by atoms with Gasteiger partial charge in [-0.25, -0.2) is 14.0 Å². The van der Waals surface area contributed by atoms with Crippen LogP contribution in [0.25, 0.3) is 22.3 Å². The van der Waals surface area contributed by atoms with Crippen LogP contribution in [0.15, 0.2) is 117 Å². The molecule has 0 heterocycles. The van der Waals surface area contributed by atoms with E-state index in [9.17, 15) is 14.0 Å². The molecule has 0 saturated heterocycles. The maximum Gasteiger partial charge on any atom is 0.335 e. The molecule has 0 aromatic heterocycles. The van der Waals surface area contributed by atoms with Crippen molar-refractivity contribution in [1.29, 1.82) is 0 Å². The summed E-state index contributed by atoms with van der Waals surface area (Å²) in [4.78, 5) is 21.9. The lowest BCUT2D eigenvalue weighted by atomic mass is 9.99. The van der Waals surface area contributed by atoms with Crippen LogP contribution in [0.4, 0.5) is 4.39 Å². The fraction of sp³-hybridized carbons (Fsp3) is 0. The lowest BCUT2D eigenvalue weighted by Crippen LogP contribution is -1.93. The first kappa shape index (κ1) is 24.7. The maximum absolute atomic E-state index is 14.9. The molecule has 0 fully saturated rings. The van der Waals surface area contributed by atoms with Crippen LogP contribution in [0, 0.1) is 5.82 Å². The third-order valence-electron chi connectivity index (χ3n) is 4.54. The van der Waals surface area contributed by atoms with Gasteiger partial charge in [0.15, 0.2) is 0 Å². The molecule has 0 spiro atoms. The fourth-order valence-electron chi connectivity index (χ4n) is 2.87. The molecule has 0 radical (unpaired) electrons. The summed E-state index contributed by atoms with van der Waals surface area (Å²) < 4.78 is 34.9. The van der Waals surface area contributed by atoms with Crippen molar-refractivity contribution in [2.75, 3.05) is 0 Å². The zero-order valence-corrected chi connectivity index (χ0v) is 18.6. The van der Waals surface area contributed by atoms with Gasteiger partial charge < -0.3 is 18.9 Å².